The van der Waals surface area contributed by atoms with Gasteiger partial charge >= 0.3 is 0 Å². The number of benzene rings is 1. The highest BCUT2D eigenvalue weighted by Gasteiger charge is 2.50. The van der Waals surface area contributed by atoms with E-state index in [1.165, 1.54) is 4.90 Å². The average Bonchev–Trinajstić information content (AvgIpc) is 2.72. The summed E-state index contributed by atoms with van der Waals surface area (Å²) >= 11 is 0. The lowest BCUT2D eigenvalue weighted by Gasteiger charge is -2.22. The Morgan fingerprint density at radius 3 is 2.45 bits per heavy atom. The van der Waals surface area contributed by atoms with Gasteiger partial charge in [0.2, 0.25) is 11.8 Å². The number of carbonyl (C=O) groups excluding carboxylic acids is 2. The van der Waals surface area contributed by atoms with Crippen LogP contribution in [0.2, 0.25) is 0 Å². The molecule has 3 rings (SSSR count). The first-order chi connectivity index (χ1) is 9.63. The summed E-state index contributed by atoms with van der Waals surface area (Å²) in [6.45, 7) is 2.00. The minimum Gasteiger partial charge on any atom is -0.497 e. The Morgan fingerprint density at radius 2 is 1.85 bits per heavy atom. The monoisotopic (exact) mass is 271 g/mol. The predicted octanol–water partition coefficient (Wildman–Crippen LogP) is 2.40. The second-order valence-electron chi connectivity index (χ2n) is 5.37. The van der Waals surface area contributed by atoms with E-state index in [4.69, 9.17) is 4.74 Å². The van der Waals surface area contributed by atoms with Crippen LogP contribution in [0.25, 0.3) is 0 Å². The molecule has 1 fully saturated rings. The summed E-state index contributed by atoms with van der Waals surface area (Å²) in [7, 11) is 1.59. The summed E-state index contributed by atoms with van der Waals surface area (Å²) < 4.78 is 5.10. The van der Waals surface area contributed by atoms with Gasteiger partial charge in [-0.2, -0.15) is 0 Å². The van der Waals surface area contributed by atoms with Crippen molar-refractivity contribution in [2.75, 3.05) is 12.0 Å². The molecule has 2 aliphatic rings. The van der Waals surface area contributed by atoms with Crippen LogP contribution in [0.1, 0.15) is 13.3 Å². The Hall–Kier alpha value is -2.10. The molecule has 2 amide bonds. The van der Waals surface area contributed by atoms with E-state index in [0.29, 0.717) is 17.9 Å². The normalized spacial score (nSPS) is 28.7. The second kappa shape index (κ2) is 4.78. The van der Waals surface area contributed by atoms with Crippen LogP contribution in [0.5, 0.6) is 5.75 Å². The first-order valence-electron chi connectivity index (χ1n) is 6.82. The lowest BCUT2D eigenvalue weighted by atomic mass is 9.78. The highest BCUT2D eigenvalue weighted by molar-refractivity contribution is 6.22. The third-order valence-corrected chi connectivity index (χ3v) is 4.20. The maximum Gasteiger partial charge on any atom is 0.238 e. The number of hydrogen-bond donors (Lipinski definition) is 0. The molecule has 0 aromatic heterocycles. The number of anilines is 1. The molecule has 20 heavy (non-hydrogen) atoms. The van der Waals surface area contributed by atoms with Crippen molar-refractivity contribution in [2.45, 2.75) is 13.3 Å². The van der Waals surface area contributed by atoms with Crippen LogP contribution in [-0.2, 0) is 9.59 Å². The summed E-state index contributed by atoms with van der Waals surface area (Å²) in [5.41, 5.74) is 0.627. The molecular weight excluding hydrogens is 254 g/mol. The molecule has 104 valence electrons. The predicted molar refractivity (Wildman–Crippen MR) is 75.4 cm³/mol. The smallest absolute Gasteiger partial charge is 0.238 e. The van der Waals surface area contributed by atoms with Crippen molar-refractivity contribution in [3.05, 3.63) is 36.4 Å². The second-order valence-corrected chi connectivity index (χ2v) is 5.37. The third kappa shape index (κ3) is 1.83. The number of amides is 2. The van der Waals surface area contributed by atoms with Gasteiger partial charge in [-0.3, -0.25) is 14.5 Å². The molecule has 0 bridgehead atoms. The lowest BCUT2D eigenvalue weighted by Crippen LogP contribution is -2.31. The van der Waals surface area contributed by atoms with Gasteiger partial charge in [-0.25, -0.2) is 0 Å². The van der Waals surface area contributed by atoms with Crippen molar-refractivity contribution < 1.29 is 14.3 Å². The van der Waals surface area contributed by atoms with Gasteiger partial charge in [0.05, 0.1) is 24.6 Å². The van der Waals surface area contributed by atoms with E-state index in [0.717, 1.165) is 0 Å². The zero-order chi connectivity index (χ0) is 14.3. The fourth-order valence-electron chi connectivity index (χ4n) is 3.13. The van der Waals surface area contributed by atoms with E-state index in [-0.39, 0.29) is 29.6 Å². The summed E-state index contributed by atoms with van der Waals surface area (Å²) in [4.78, 5) is 26.4. The molecule has 0 radical (unpaired) electrons. The zero-order valence-corrected chi connectivity index (χ0v) is 11.6. The number of ether oxygens (including phenoxy) is 1. The van der Waals surface area contributed by atoms with E-state index >= 15 is 0 Å². The first kappa shape index (κ1) is 12.9. The molecular formula is C16H17NO3. The van der Waals surface area contributed by atoms with Crippen LogP contribution >= 0.6 is 0 Å². The van der Waals surface area contributed by atoms with Gasteiger partial charge in [0.1, 0.15) is 5.75 Å². The van der Waals surface area contributed by atoms with Gasteiger partial charge in [0.15, 0.2) is 0 Å². The number of rotatable bonds is 2. The fourth-order valence-corrected chi connectivity index (χ4v) is 3.13. The van der Waals surface area contributed by atoms with Crippen molar-refractivity contribution in [1.29, 1.82) is 0 Å². The number of methoxy groups -OCH3 is 1. The first-order valence-corrected chi connectivity index (χ1v) is 6.82. The third-order valence-electron chi connectivity index (χ3n) is 4.20. The highest BCUT2D eigenvalue weighted by atomic mass is 16.5. The van der Waals surface area contributed by atoms with Gasteiger partial charge in [0.25, 0.3) is 0 Å². The molecule has 1 saturated heterocycles. The maximum atomic E-state index is 12.6. The van der Waals surface area contributed by atoms with Gasteiger partial charge in [-0.1, -0.05) is 19.1 Å². The Kier molecular flexibility index (Phi) is 3.08. The molecule has 4 heteroatoms. The van der Waals surface area contributed by atoms with Crippen LogP contribution in [0.4, 0.5) is 5.69 Å². The zero-order valence-electron chi connectivity index (χ0n) is 11.6. The van der Waals surface area contributed by atoms with Crippen molar-refractivity contribution >= 4 is 17.5 Å². The van der Waals surface area contributed by atoms with E-state index in [2.05, 4.69) is 0 Å². The number of imide groups is 1. The molecule has 1 aromatic carbocycles. The molecule has 0 saturated carbocycles. The van der Waals surface area contributed by atoms with E-state index in [1.54, 1.807) is 31.4 Å². The highest BCUT2D eigenvalue weighted by Crippen LogP contribution is 2.40. The minimum atomic E-state index is -0.213. The minimum absolute atomic E-state index is 0.0815. The van der Waals surface area contributed by atoms with Crippen molar-refractivity contribution in [2.24, 2.45) is 17.8 Å². The molecule has 1 heterocycles. The van der Waals surface area contributed by atoms with Crippen LogP contribution in [0.15, 0.2) is 36.4 Å². The molecule has 0 N–H and O–H groups in total. The van der Waals surface area contributed by atoms with E-state index in [9.17, 15) is 9.59 Å². The average molecular weight is 271 g/mol. The van der Waals surface area contributed by atoms with Crippen molar-refractivity contribution in [1.82, 2.24) is 0 Å². The van der Waals surface area contributed by atoms with Crippen molar-refractivity contribution in [3.63, 3.8) is 0 Å². The molecule has 1 aliphatic heterocycles. The molecule has 0 spiro atoms. The molecule has 3 atom stereocenters. The van der Waals surface area contributed by atoms with Crippen LogP contribution < -0.4 is 9.64 Å². The summed E-state index contributed by atoms with van der Waals surface area (Å²) in [6.07, 6.45) is 4.70. The largest absolute Gasteiger partial charge is 0.497 e. The van der Waals surface area contributed by atoms with Gasteiger partial charge in [-0.15, -0.1) is 0 Å². The SMILES string of the molecule is COc1ccc(N2C(=O)[C@@H]3[C@H](C)C=CC[C@@H]3C2=O)cc1. The van der Waals surface area contributed by atoms with Crippen LogP contribution in [0, 0.1) is 17.8 Å². The molecule has 1 aromatic rings. The Labute approximate surface area is 118 Å². The Morgan fingerprint density at radius 1 is 1.15 bits per heavy atom. The standard InChI is InChI=1S/C16H17NO3/c1-10-4-3-5-13-14(10)16(19)17(15(13)18)11-6-8-12(20-2)9-7-11/h3-4,6-10,13-14H,5H2,1-2H3/t10-,13+,14-/m1/s1. The molecule has 4 nitrogen and oxygen atoms in total. The number of fused-ring (bicyclic) bond motifs is 1. The maximum absolute atomic E-state index is 12.6. The lowest BCUT2D eigenvalue weighted by molar-refractivity contribution is -0.122. The van der Waals surface area contributed by atoms with Gasteiger partial charge in [-0.05, 0) is 36.6 Å². The topological polar surface area (TPSA) is 46.6 Å². The molecule has 0 unspecified atom stereocenters. The molecule has 1 aliphatic carbocycles. The number of allylic oxidation sites excluding steroid dienone is 2. The number of hydrogen-bond acceptors (Lipinski definition) is 3. The van der Waals surface area contributed by atoms with Crippen LogP contribution in [-0.4, -0.2) is 18.9 Å². The summed E-state index contributed by atoms with van der Waals surface area (Å²) in [6, 6.07) is 7.03. The number of nitrogens with zero attached hydrogens (tertiary/aromatic N) is 1. The van der Waals surface area contributed by atoms with E-state index < -0.39 is 0 Å². The van der Waals surface area contributed by atoms with E-state index in [1.807, 2.05) is 19.1 Å². The Bertz CT molecular complexity index is 576. The summed E-state index contributed by atoms with van der Waals surface area (Å²) in [5, 5.41) is 0. The fraction of sp³-hybridized carbons (Fsp3) is 0.375. The number of carbonyl (C=O) groups is 2. The van der Waals surface area contributed by atoms with Gasteiger partial charge in [0, 0.05) is 0 Å². The van der Waals surface area contributed by atoms with Crippen molar-refractivity contribution in [3.8, 4) is 5.75 Å². The van der Waals surface area contributed by atoms with Crippen LogP contribution in [0.3, 0.4) is 0 Å². The Balaban J connectivity index is 1.94. The summed E-state index contributed by atoms with van der Waals surface area (Å²) in [5.74, 6) is 0.247. The quantitative estimate of drug-likeness (QED) is 0.613. The van der Waals surface area contributed by atoms with Gasteiger partial charge < -0.3 is 4.74 Å².